The van der Waals surface area contributed by atoms with Gasteiger partial charge in [0, 0.05) is 19.1 Å². The number of amides is 1. The van der Waals surface area contributed by atoms with Gasteiger partial charge >= 0.3 is 17.3 Å². The second kappa shape index (κ2) is 5.08. The highest BCUT2D eigenvalue weighted by Gasteiger charge is 2.29. The van der Waals surface area contributed by atoms with Crippen molar-refractivity contribution in [3.8, 4) is 0 Å². The molecule has 0 aliphatic rings. The minimum Gasteiger partial charge on any atom is -0.478 e. The lowest BCUT2D eigenvalue weighted by Gasteiger charge is -2.06. The van der Waals surface area contributed by atoms with E-state index in [1.54, 1.807) is 0 Å². The summed E-state index contributed by atoms with van der Waals surface area (Å²) in [5.41, 5.74) is -2.85. The molecule has 0 saturated heterocycles. The smallest absolute Gasteiger partial charge is 0.348 e. The molecule has 1 amide bonds. The zero-order valence-electron chi connectivity index (χ0n) is 9.45. The Hall–Kier alpha value is -3.04. The predicted octanol–water partition coefficient (Wildman–Crippen LogP) is 1.16. The van der Waals surface area contributed by atoms with Crippen LogP contribution < -0.4 is 5.32 Å². The van der Waals surface area contributed by atoms with E-state index in [-0.39, 0.29) is 5.69 Å². The number of benzene rings is 1. The highest BCUT2D eigenvalue weighted by Crippen LogP contribution is 2.33. The second-order valence-electron chi connectivity index (χ2n) is 3.39. The first-order valence-corrected chi connectivity index (χ1v) is 4.71. The number of anilines is 1. The Morgan fingerprint density at radius 1 is 1.16 bits per heavy atom. The number of aromatic carboxylic acids is 1. The van der Waals surface area contributed by atoms with Gasteiger partial charge in [-0.05, 0) is 0 Å². The number of nitrogens with one attached hydrogen (secondary N) is 1. The molecule has 0 aliphatic heterocycles. The van der Waals surface area contributed by atoms with Gasteiger partial charge in [0.2, 0.25) is 5.91 Å². The number of nitro benzene ring substituents is 2. The van der Waals surface area contributed by atoms with Gasteiger partial charge in [0.15, 0.2) is 0 Å². The molecular formula is C9H7N3O7. The maximum absolute atomic E-state index is 10.9. The third-order valence-electron chi connectivity index (χ3n) is 2.05. The van der Waals surface area contributed by atoms with E-state index < -0.39 is 38.7 Å². The highest BCUT2D eigenvalue weighted by atomic mass is 16.6. The Morgan fingerprint density at radius 2 is 1.63 bits per heavy atom. The van der Waals surface area contributed by atoms with Gasteiger partial charge in [-0.2, -0.15) is 0 Å². The molecule has 0 radical (unpaired) electrons. The molecule has 0 bridgehead atoms. The van der Waals surface area contributed by atoms with Gasteiger partial charge in [-0.3, -0.25) is 25.0 Å². The Bertz CT molecular complexity index is 596. The molecule has 0 aliphatic carbocycles. The maximum Gasteiger partial charge on any atom is 0.348 e. The number of rotatable bonds is 4. The van der Waals surface area contributed by atoms with E-state index in [0.717, 1.165) is 6.92 Å². The molecule has 10 nitrogen and oxygen atoms in total. The number of carboxylic acids is 1. The van der Waals surface area contributed by atoms with Crippen LogP contribution >= 0.6 is 0 Å². The number of nitro groups is 2. The summed E-state index contributed by atoms with van der Waals surface area (Å²) >= 11 is 0. The fourth-order valence-electron chi connectivity index (χ4n) is 1.34. The van der Waals surface area contributed by atoms with E-state index in [4.69, 9.17) is 5.11 Å². The lowest BCUT2D eigenvalue weighted by atomic mass is 10.1. The normalized spacial score (nSPS) is 9.74. The summed E-state index contributed by atoms with van der Waals surface area (Å²) in [4.78, 5) is 41.0. The van der Waals surface area contributed by atoms with Gasteiger partial charge in [-0.15, -0.1) is 0 Å². The first-order chi connectivity index (χ1) is 8.73. The maximum atomic E-state index is 10.9. The Kier molecular flexibility index (Phi) is 3.75. The molecule has 0 heterocycles. The van der Waals surface area contributed by atoms with Crippen molar-refractivity contribution in [1.29, 1.82) is 0 Å². The number of hydrogen-bond acceptors (Lipinski definition) is 6. The Morgan fingerprint density at radius 3 is 2.00 bits per heavy atom. The molecule has 100 valence electrons. The number of nitrogens with zero attached hydrogens (tertiary/aromatic N) is 2. The SMILES string of the molecule is CC(=O)Nc1cc([N+](=O)[O-])c([N+](=O)[O-])cc1C(=O)O. The predicted molar refractivity (Wildman–Crippen MR) is 61.0 cm³/mol. The summed E-state index contributed by atoms with van der Waals surface area (Å²) < 4.78 is 0. The molecule has 1 aromatic carbocycles. The van der Waals surface area contributed by atoms with Gasteiger partial charge in [0.05, 0.1) is 21.1 Å². The monoisotopic (exact) mass is 269 g/mol. The molecule has 10 heteroatoms. The molecule has 0 atom stereocenters. The Labute approximate surface area is 104 Å². The van der Waals surface area contributed by atoms with Crippen molar-refractivity contribution < 1.29 is 24.5 Å². The van der Waals surface area contributed by atoms with Crippen LogP contribution in [0.3, 0.4) is 0 Å². The molecule has 2 N–H and O–H groups in total. The van der Waals surface area contributed by atoms with Crippen molar-refractivity contribution in [3.63, 3.8) is 0 Å². The number of carbonyl (C=O) groups is 2. The average Bonchev–Trinajstić information content (AvgIpc) is 2.26. The molecular weight excluding hydrogens is 262 g/mol. The number of hydrogen-bond donors (Lipinski definition) is 2. The van der Waals surface area contributed by atoms with Gasteiger partial charge in [-0.25, -0.2) is 4.79 Å². The van der Waals surface area contributed by atoms with Crippen LogP contribution in [0.5, 0.6) is 0 Å². The molecule has 1 rings (SSSR count). The molecule has 1 aromatic rings. The van der Waals surface area contributed by atoms with E-state index in [2.05, 4.69) is 5.32 Å². The Balaban J connectivity index is 3.59. The molecule has 19 heavy (non-hydrogen) atoms. The van der Waals surface area contributed by atoms with Crippen LogP contribution in [-0.2, 0) is 4.79 Å². The van der Waals surface area contributed by atoms with Gasteiger partial charge in [0.25, 0.3) is 0 Å². The first kappa shape index (κ1) is 14.0. The van der Waals surface area contributed by atoms with Gasteiger partial charge < -0.3 is 10.4 Å². The second-order valence-corrected chi connectivity index (χ2v) is 3.39. The molecule has 0 saturated carbocycles. The summed E-state index contributed by atoms with van der Waals surface area (Å²) in [6, 6.07) is 1.18. The summed E-state index contributed by atoms with van der Waals surface area (Å²) in [7, 11) is 0. The average molecular weight is 269 g/mol. The van der Waals surface area contributed by atoms with E-state index in [0.29, 0.717) is 12.1 Å². The highest BCUT2D eigenvalue weighted by molar-refractivity contribution is 6.01. The molecule has 0 unspecified atom stereocenters. The molecule has 0 aromatic heterocycles. The van der Waals surface area contributed by atoms with Gasteiger partial charge in [0.1, 0.15) is 0 Å². The van der Waals surface area contributed by atoms with Crippen molar-refractivity contribution in [2.75, 3.05) is 5.32 Å². The minimum atomic E-state index is -1.55. The van der Waals surface area contributed by atoms with Crippen LogP contribution in [0.2, 0.25) is 0 Å². The molecule has 0 spiro atoms. The summed E-state index contributed by atoms with van der Waals surface area (Å²) in [5, 5.41) is 32.3. The standard InChI is InChI=1S/C9H7N3O7/c1-4(13)10-6-3-8(12(18)19)7(11(16)17)2-5(6)9(14)15/h2-3H,1H3,(H,10,13)(H,14,15). The lowest BCUT2D eigenvalue weighted by molar-refractivity contribution is -0.422. The van der Waals surface area contributed by atoms with Crippen molar-refractivity contribution in [1.82, 2.24) is 0 Å². The minimum absolute atomic E-state index is 0.377. The number of carboxylic acid groups (broad SMARTS) is 1. The number of carbonyl (C=O) groups excluding carboxylic acids is 1. The van der Waals surface area contributed by atoms with Crippen LogP contribution in [0.1, 0.15) is 17.3 Å². The van der Waals surface area contributed by atoms with E-state index in [1.165, 1.54) is 0 Å². The fraction of sp³-hybridized carbons (Fsp3) is 0.111. The molecule has 0 fully saturated rings. The van der Waals surface area contributed by atoms with Crippen LogP contribution in [0.4, 0.5) is 17.1 Å². The first-order valence-electron chi connectivity index (χ1n) is 4.71. The van der Waals surface area contributed by atoms with E-state index in [1.807, 2.05) is 0 Å². The quantitative estimate of drug-likeness (QED) is 0.614. The third-order valence-corrected chi connectivity index (χ3v) is 2.05. The third kappa shape index (κ3) is 3.00. The van der Waals surface area contributed by atoms with Crippen LogP contribution in [0.15, 0.2) is 12.1 Å². The van der Waals surface area contributed by atoms with Gasteiger partial charge in [-0.1, -0.05) is 0 Å². The van der Waals surface area contributed by atoms with Crippen molar-refractivity contribution >= 4 is 28.9 Å². The van der Waals surface area contributed by atoms with Crippen LogP contribution in [0.25, 0.3) is 0 Å². The van der Waals surface area contributed by atoms with Crippen LogP contribution in [-0.4, -0.2) is 26.8 Å². The van der Waals surface area contributed by atoms with Crippen LogP contribution in [0, 0.1) is 20.2 Å². The largest absolute Gasteiger partial charge is 0.478 e. The summed E-state index contributed by atoms with van der Waals surface area (Å²) in [6.45, 7) is 1.07. The van der Waals surface area contributed by atoms with Crippen molar-refractivity contribution in [2.45, 2.75) is 6.92 Å². The van der Waals surface area contributed by atoms with E-state index >= 15 is 0 Å². The topological polar surface area (TPSA) is 153 Å². The lowest BCUT2D eigenvalue weighted by Crippen LogP contribution is -2.12. The van der Waals surface area contributed by atoms with Crippen molar-refractivity contribution in [3.05, 3.63) is 37.9 Å². The van der Waals surface area contributed by atoms with Crippen molar-refractivity contribution in [2.24, 2.45) is 0 Å². The fourth-order valence-corrected chi connectivity index (χ4v) is 1.34. The van der Waals surface area contributed by atoms with E-state index in [9.17, 15) is 29.8 Å². The zero-order valence-corrected chi connectivity index (χ0v) is 9.45. The summed E-state index contributed by atoms with van der Waals surface area (Å²) in [5.74, 6) is -2.22. The zero-order chi connectivity index (χ0) is 14.7. The summed E-state index contributed by atoms with van der Waals surface area (Å²) in [6.07, 6.45) is 0.